The zero-order valence-corrected chi connectivity index (χ0v) is 11.8. The molecule has 0 aliphatic carbocycles. The predicted octanol–water partition coefficient (Wildman–Crippen LogP) is 1.33. The maximum atomic E-state index is 12.3. The standard InChI is InChI=1S/C11H12BrClN2O3/c12-7-3-9(10(13)14-4-7)11(17)15-1-2-18-8(5-15)6-16/h3-4,8,16H,1-2,5-6H2. The molecule has 1 aliphatic rings. The molecule has 0 spiro atoms. The number of morpholine rings is 1. The third-order valence-electron chi connectivity index (χ3n) is 2.67. The van der Waals surface area contributed by atoms with Crippen LogP contribution in [0.5, 0.6) is 0 Å². The number of halogens is 2. The molecule has 0 radical (unpaired) electrons. The Balaban J connectivity index is 2.17. The molecule has 0 aromatic carbocycles. The summed E-state index contributed by atoms with van der Waals surface area (Å²) in [6, 6.07) is 1.64. The first-order valence-corrected chi connectivity index (χ1v) is 6.61. The maximum absolute atomic E-state index is 12.3. The third-order valence-corrected chi connectivity index (χ3v) is 3.40. The summed E-state index contributed by atoms with van der Waals surface area (Å²) in [4.78, 5) is 17.8. The van der Waals surface area contributed by atoms with E-state index < -0.39 is 0 Å². The Morgan fingerprint density at radius 3 is 3.22 bits per heavy atom. The summed E-state index contributed by atoms with van der Waals surface area (Å²) in [5.74, 6) is -0.199. The second-order valence-electron chi connectivity index (χ2n) is 3.92. The molecule has 0 saturated carbocycles. The molecule has 1 amide bonds. The van der Waals surface area contributed by atoms with E-state index in [1.165, 1.54) is 6.20 Å². The van der Waals surface area contributed by atoms with Crippen LogP contribution < -0.4 is 0 Å². The van der Waals surface area contributed by atoms with Gasteiger partial charge in [-0.2, -0.15) is 0 Å². The number of carbonyl (C=O) groups is 1. The number of aliphatic hydroxyl groups is 1. The Kier molecular flexibility index (Phi) is 4.55. The van der Waals surface area contributed by atoms with Crippen LogP contribution in [0.4, 0.5) is 0 Å². The summed E-state index contributed by atoms with van der Waals surface area (Å²) >= 11 is 9.18. The zero-order valence-electron chi connectivity index (χ0n) is 9.47. The summed E-state index contributed by atoms with van der Waals surface area (Å²) in [7, 11) is 0. The molecule has 1 fully saturated rings. The number of hydrogen-bond acceptors (Lipinski definition) is 4. The molecule has 2 rings (SSSR count). The van der Waals surface area contributed by atoms with Crippen LogP contribution in [-0.4, -0.2) is 53.3 Å². The molecule has 1 unspecified atom stereocenters. The second-order valence-corrected chi connectivity index (χ2v) is 5.19. The highest BCUT2D eigenvalue weighted by atomic mass is 79.9. The molecule has 1 aromatic heterocycles. The SMILES string of the molecule is O=C(c1cc(Br)cnc1Cl)N1CCOC(CO)C1. The predicted molar refractivity (Wildman–Crippen MR) is 69.7 cm³/mol. The Morgan fingerprint density at radius 2 is 2.50 bits per heavy atom. The van der Waals surface area contributed by atoms with Crippen LogP contribution in [-0.2, 0) is 4.74 Å². The Hall–Kier alpha value is -0.690. The van der Waals surface area contributed by atoms with Crippen molar-refractivity contribution in [1.29, 1.82) is 0 Å². The van der Waals surface area contributed by atoms with E-state index in [-0.39, 0.29) is 23.8 Å². The van der Waals surface area contributed by atoms with Gasteiger partial charge in [0.1, 0.15) is 5.15 Å². The largest absolute Gasteiger partial charge is 0.394 e. The summed E-state index contributed by atoms with van der Waals surface area (Å²) in [5.41, 5.74) is 0.352. The number of amides is 1. The lowest BCUT2D eigenvalue weighted by atomic mass is 10.2. The second kappa shape index (κ2) is 5.97. The topological polar surface area (TPSA) is 62.7 Å². The monoisotopic (exact) mass is 334 g/mol. The van der Waals surface area contributed by atoms with E-state index in [0.717, 1.165) is 0 Å². The number of pyridine rings is 1. The number of hydrogen-bond donors (Lipinski definition) is 1. The Bertz CT molecular complexity index is 458. The van der Waals surface area contributed by atoms with Crippen molar-refractivity contribution in [1.82, 2.24) is 9.88 Å². The average Bonchev–Trinajstić information content (AvgIpc) is 2.41. The van der Waals surface area contributed by atoms with Gasteiger partial charge in [-0.05, 0) is 22.0 Å². The van der Waals surface area contributed by atoms with Gasteiger partial charge in [0.15, 0.2) is 0 Å². The van der Waals surface area contributed by atoms with E-state index in [0.29, 0.717) is 29.7 Å². The van der Waals surface area contributed by atoms with Crippen molar-refractivity contribution in [2.45, 2.75) is 6.10 Å². The lowest BCUT2D eigenvalue weighted by Crippen LogP contribution is -2.47. The highest BCUT2D eigenvalue weighted by Gasteiger charge is 2.26. The zero-order chi connectivity index (χ0) is 13.1. The van der Waals surface area contributed by atoms with Gasteiger partial charge >= 0.3 is 0 Å². The van der Waals surface area contributed by atoms with Crippen molar-refractivity contribution in [3.8, 4) is 0 Å². The van der Waals surface area contributed by atoms with E-state index >= 15 is 0 Å². The van der Waals surface area contributed by atoms with E-state index in [2.05, 4.69) is 20.9 Å². The van der Waals surface area contributed by atoms with E-state index in [1.807, 2.05) is 0 Å². The van der Waals surface area contributed by atoms with Gasteiger partial charge in [0.25, 0.3) is 5.91 Å². The molecule has 1 aromatic rings. The molecule has 18 heavy (non-hydrogen) atoms. The fraction of sp³-hybridized carbons (Fsp3) is 0.455. The Labute approximate surface area is 118 Å². The van der Waals surface area contributed by atoms with E-state index in [1.54, 1.807) is 11.0 Å². The van der Waals surface area contributed by atoms with Gasteiger partial charge < -0.3 is 14.7 Å². The van der Waals surface area contributed by atoms with Gasteiger partial charge in [-0.1, -0.05) is 11.6 Å². The molecule has 1 atom stereocenters. The molecule has 98 valence electrons. The van der Waals surface area contributed by atoms with Gasteiger partial charge in [0, 0.05) is 23.8 Å². The molecule has 1 N–H and O–H groups in total. The van der Waals surface area contributed by atoms with Crippen molar-refractivity contribution >= 4 is 33.4 Å². The molecule has 5 nitrogen and oxygen atoms in total. The smallest absolute Gasteiger partial charge is 0.257 e. The van der Waals surface area contributed by atoms with Crippen LogP contribution in [0.15, 0.2) is 16.7 Å². The number of nitrogens with zero attached hydrogens (tertiary/aromatic N) is 2. The maximum Gasteiger partial charge on any atom is 0.257 e. The van der Waals surface area contributed by atoms with Gasteiger partial charge in [-0.3, -0.25) is 4.79 Å². The quantitative estimate of drug-likeness (QED) is 0.828. The molecule has 1 saturated heterocycles. The number of carbonyl (C=O) groups excluding carboxylic acids is 1. The first-order chi connectivity index (χ1) is 8.61. The van der Waals surface area contributed by atoms with Crippen LogP contribution in [0.3, 0.4) is 0 Å². The molecule has 2 heterocycles. The van der Waals surface area contributed by atoms with Gasteiger partial charge in [-0.25, -0.2) is 4.98 Å². The first kappa shape index (κ1) is 13.7. The molecule has 7 heteroatoms. The number of rotatable bonds is 2. The van der Waals surface area contributed by atoms with E-state index in [4.69, 9.17) is 21.4 Å². The molecule has 1 aliphatic heterocycles. The summed E-state index contributed by atoms with van der Waals surface area (Å²) in [5, 5.41) is 9.23. The summed E-state index contributed by atoms with van der Waals surface area (Å²) < 4.78 is 5.99. The normalized spacial score (nSPS) is 19.9. The highest BCUT2D eigenvalue weighted by molar-refractivity contribution is 9.10. The van der Waals surface area contributed by atoms with Crippen LogP contribution in [0.1, 0.15) is 10.4 Å². The third kappa shape index (κ3) is 3.00. The van der Waals surface area contributed by atoms with Gasteiger partial charge in [0.05, 0.1) is 24.9 Å². The van der Waals surface area contributed by atoms with E-state index in [9.17, 15) is 4.79 Å². The minimum atomic E-state index is -0.332. The van der Waals surface area contributed by atoms with Crippen LogP contribution >= 0.6 is 27.5 Å². The average molecular weight is 336 g/mol. The first-order valence-electron chi connectivity index (χ1n) is 5.44. The van der Waals surface area contributed by atoms with Crippen molar-refractivity contribution in [3.05, 3.63) is 27.5 Å². The summed E-state index contributed by atoms with van der Waals surface area (Å²) in [6.07, 6.45) is 1.20. The van der Waals surface area contributed by atoms with Crippen molar-refractivity contribution in [3.63, 3.8) is 0 Å². The minimum absolute atomic E-state index is 0.103. The number of aliphatic hydroxyl groups excluding tert-OH is 1. The van der Waals surface area contributed by atoms with Crippen LogP contribution in [0.2, 0.25) is 5.15 Å². The fourth-order valence-electron chi connectivity index (χ4n) is 1.76. The van der Waals surface area contributed by atoms with Crippen LogP contribution in [0.25, 0.3) is 0 Å². The lowest BCUT2D eigenvalue weighted by molar-refractivity contribution is -0.0447. The molecular formula is C11H12BrClN2O3. The summed E-state index contributed by atoms with van der Waals surface area (Å²) in [6.45, 7) is 1.15. The highest BCUT2D eigenvalue weighted by Crippen LogP contribution is 2.20. The van der Waals surface area contributed by atoms with Crippen molar-refractivity contribution in [2.75, 3.05) is 26.3 Å². The molecule has 0 bridgehead atoms. The Morgan fingerprint density at radius 1 is 1.72 bits per heavy atom. The lowest BCUT2D eigenvalue weighted by Gasteiger charge is -2.32. The number of ether oxygens (including phenoxy) is 1. The van der Waals surface area contributed by atoms with Crippen LogP contribution in [0, 0.1) is 0 Å². The van der Waals surface area contributed by atoms with Crippen molar-refractivity contribution < 1.29 is 14.6 Å². The molecular weight excluding hydrogens is 323 g/mol. The van der Waals surface area contributed by atoms with Crippen molar-refractivity contribution in [2.24, 2.45) is 0 Å². The minimum Gasteiger partial charge on any atom is -0.394 e. The fourth-order valence-corrected chi connectivity index (χ4v) is 2.27. The number of aromatic nitrogens is 1. The van der Waals surface area contributed by atoms with Gasteiger partial charge in [-0.15, -0.1) is 0 Å². The van der Waals surface area contributed by atoms with Gasteiger partial charge in [0.2, 0.25) is 0 Å².